The van der Waals surface area contributed by atoms with Crippen molar-refractivity contribution in [3.63, 3.8) is 0 Å². The number of esters is 1. The third-order valence-electron chi connectivity index (χ3n) is 5.12. The quantitative estimate of drug-likeness (QED) is 0.546. The fraction of sp³-hybridized carbons (Fsp3) is 0.304. The Hall–Kier alpha value is -3.68. The summed E-state index contributed by atoms with van der Waals surface area (Å²) < 4.78 is 5.24. The van der Waals surface area contributed by atoms with E-state index in [1.807, 2.05) is 31.2 Å². The lowest BCUT2D eigenvalue weighted by Gasteiger charge is -2.20. The van der Waals surface area contributed by atoms with Crippen molar-refractivity contribution in [1.29, 1.82) is 0 Å². The summed E-state index contributed by atoms with van der Waals surface area (Å²) in [6, 6.07) is 15.9. The van der Waals surface area contributed by atoms with Crippen LogP contribution in [0.25, 0.3) is 0 Å². The van der Waals surface area contributed by atoms with E-state index in [1.54, 1.807) is 35.2 Å². The van der Waals surface area contributed by atoms with Crippen molar-refractivity contribution in [2.24, 2.45) is 5.92 Å². The zero-order valence-electron chi connectivity index (χ0n) is 17.5. The minimum atomic E-state index is -1.13. The van der Waals surface area contributed by atoms with E-state index in [0.717, 1.165) is 17.7 Å². The molecule has 1 saturated heterocycles. The van der Waals surface area contributed by atoms with Gasteiger partial charge in [0, 0.05) is 24.2 Å². The summed E-state index contributed by atoms with van der Waals surface area (Å²) >= 11 is 0. The largest absolute Gasteiger partial charge is 0.452 e. The Morgan fingerprint density at radius 1 is 1.06 bits per heavy atom. The average Bonchev–Trinajstić information content (AvgIpc) is 3.19. The van der Waals surface area contributed by atoms with E-state index in [2.05, 4.69) is 10.9 Å². The number of ether oxygens (including phenoxy) is 1. The van der Waals surface area contributed by atoms with Gasteiger partial charge >= 0.3 is 5.97 Å². The summed E-state index contributed by atoms with van der Waals surface area (Å²) in [5, 5.41) is 0. The van der Waals surface area contributed by atoms with Crippen LogP contribution in [0.3, 0.4) is 0 Å². The van der Waals surface area contributed by atoms with Crippen LogP contribution >= 0.6 is 0 Å². The van der Waals surface area contributed by atoms with Crippen molar-refractivity contribution in [2.75, 3.05) is 11.4 Å². The molecule has 0 saturated carbocycles. The first-order valence-corrected chi connectivity index (χ1v) is 10.1. The predicted octanol–water partition coefficient (Wildman–Crippen LogP) is 1.99. The van der Waals surface area contributed by atoms with Crippen molar-refractivity contribution in [1.82, 2.24) is 10.9 Å². The minimum Gasteiger partial charge on any atom is -0.452 e. The number of amides is 3. The molecule has 0 unspecified atom stereocenters. The molecule has 0 bridgehead atoms. The zero-order chi connectivity index (χ0) is 22.4. The molecule has 1 fully saturated rings. The van der Waals surface area contributed by atoms with Crippen LogP contribution in [0.1, 0.15) is 36.2 Å². The van der Waals surface area contributed by atoms with E-state index in [1.165, 1.54) is 6.92 Å². The monoisotopic (exact) mass is 423 g/mol. The number of nitrogens with one attached hydrogen (secondary N) is 2. The number of anilines is 1. The summed E-state index contributed by atoms with van der Waals surface area (Å²) in [4.78, 5) is 50.8. The van der Waals surface area contributed by atoms with Crippen molar-refractivity contribution >= 4 is 29.4 Å². The van der Waals surface area contributed by atoms with Crippen LogP contribution in [0.2, 0.25) is 0 Å². The Balaban J connectivity index is 1.53. The van der Waals surface area contributed by atoms with Crippen LogP contribution in [0.15, 0.2) is 54.6 Å². The molecule has 0 spiro atoms. The fourth-order valence-electron chi connectivity index (χ4n) is 3.38. The molecule has 31 heavy (non-hydrogen) atoms. The molecular formula is C23H25N3O5. The van der Waals surface area contributed by atoms with Crippen molar-refractivity contribution < 1.29 is 23.9 Å². The molecule has 0 radical (unpaired) electrons. The molecule has 2 aromatic rings. The van der Waals surface area contributed by atoms with E-state index in [4.69, 9.17) is 4.74 Å². The number of rotatable bonds is 6. The maximum absolute atomic E-state index is 12.5. The van der Waals surface area contributed by atoms with E-state index in [0.29, 0.717) is 5.56 Å². The lowest BCUT2D eigenvalue weighted by atomic mass is 10.1. The van der Waals surface area contributed by atoms with Gasteiger partial charge in [0.1, 0.15) is 0 Å². The lowest BCUT2D eigenvalue weighted by Crippen LogP contribution is -2.47. The normalized spacial score (nSPS) is 16.5. The Morgan fingerprint density at radius 2 is 1.74 bits per heavy atom. The summed E-state index contributed by atoms with van der Waals surface area (Å²) in [6.07, 6.45) is -0.340. The standard InChI is InChI=1S/C23H25N3O5/c1-3-16-9-7-8-12-19(16)26-14-18(13-20(26)27)23(30)31-15(2)21(28)24-25-22(29)17-10-5-4-6-11-17/h4-12,15,18H,3,13-14H2,1-2H3,(H,24,28)(H,25,29)/t15-,18+/m0/s1. The summed E-state index contributed by atoms with van der Waals surface area (Å²) in [5.74, 6) is -2.60. The topological polar surface area (TPSA) is 105 Å². The lowest BCUT2D eigenvalue weighted by molar-refractivity contribution is -0.158. The first-order valence-electron chi connectivity index (χ1n) is 10.1. The maximum atomic E-state index is 12.5. The minimum absolute atomic E-state index is 0.0238. The highest BCUT2D eigenvalue weighted by Gasteiger charge is 2.37. The number of para-hydroxylation sites is 1. The number of hydrazine groups is 1. The van der Waals surface area contributed by atoms with E-state index in [-0.39, 0.29) is 18.9 Å². The molecule has 0 aromatic heterocycles. The van der Waals surface area contributed by atoms with Gasteiger partial charge in [-0.05, 0) is 37.1 Å². The van der Waals surface area contributed by atoms with Gasteiger partial charge < -0.3 is 9.64 Å². The first-order chi connectivity index (χ1) is 14.9. The van der Waals surface area contributed by atoms with Gasteiger partial charge in [-0.2, -0.15) is 0 Å². The van der Waals surface area contributed by atoms with Gasteiger partial charge in [0.05, 0.1) is 5.92 Å². The van der Waals surface area contributed by atoms with Gasteiger partial charge in [-0.25, -0.2) is 0 Å². The van der Waals surface area contributed by atoms with Crippen LogP contribution in [0.4, 0.5) is 5.69 Å². The van der Waals surface area contributed by atoms with Gasteiger partial charge in [-0.3, -0.25) is 30.0 Å². The van der Waals surface area contributed by atoms with Crippen LogP contribution in [-0.4, -0.2) is 36.3 Å². The average molecular weight is 423 g/mol. The van der Waals surface area contributed by atoms with Gasteiger partial charge in [0.2, 0.25) is 5.91 Å². The van der Waals surface area contributed by atoms with Gasteiger partial charge in [0.15, 0.2) is 6.10 Å². The molecule has 1 aliphatic heterocycles. The predicted molar refractivity (Wildman–Crippen MR) is 114 cm³/mol. The van der Waals surface area contributed by atoms with E-state index >= 15 is 0 Å². The Morgan fingerprint density at radius 3 is 2.45 bits per heavy atom. The zero-order valence-corrected chi connectivity index (χ0v) is 17.5. The van der Waals surface area contributed by atoms with Crippen molar-refractivity contribution in [3.8, 4) is 0 Å². The molecule has 2 N–H and O–H groups in total. The number of benzene rings is 2. The van der Waals surface area contributed by atoms with Crippen LogP contribution < -0.4 is 15.8 Å². The van der Waals surface area contributed by atoms with Crippen molar-refractivity contribution in [2.45, 2.75) is 32.8 Å². The summed E-state index contributed by atoms with van der Waals surface area (Å²) in [7, 11) is 0. The highest BCUT2D eigenvalue weighted by atomic mass is 16.5. The Labute approximate surface area is 180 Å². The fourth-order valence-corrected chi connectivity index (χ4v) is 3.38. The van der Waals surface area contributed by atoms with Gasteiger partial charge in [-0.15, -0.1) is 0 Å². The molecule has 3 rings (SSSR count). The molecule has 1 aliphatic rings. The first kappa shape index (κ1) is 22.0. The molecule has 162 valence electrons. The van der Waals surface area contributed by atoms with Gasteiger partial charge in [-0.1, -0.05) is 43.3 Å². The maximum Gasteiger partial charge on any atom is 0.312 e. The number of aryl methyl sites for hydroxylation is 1. The third-order valence-corrected chi connectivity index (χ3v) is 5.12. The molecule has 2 atom stereocenters. The molecule has 1 heterocycles. The second-order valence-corrected chi connectivity index (χ2v) is 7.28. The summed E-state index contributed by atoms with van der Waals surface area (Å²) in [5.41, 5.74) is 6.71. The third kappa shape index (κ3) is 5.28. The summed E-state index contributed by atoms with van der Waals surface area (Å²) in [6.45, 7) is 3.61. The number of carbonyl (C=O) groups excluding carboxylic acids is 4. The van der Waals surface area contributed by atoms with Crippen molar-refractivity contribution in [3.05, 3.63) is 65.7 Å². The Bertz CT molecular complexity index is 976. The molecule has 0 aliphatic carbocycles. The highest BCUT2D eigenvalue weighted by molar-refractivity contribution is 6.00. The molecule has 8 heteroatoms. The molecule has 2 aromatic carbocycles. The Kier molecular flexibility index (Phi) is 7.02. The van der Waals surface area contributed by atoms with Crippen LogP contribution in [0.5, 0.6) is 0 Å². The van der Waals surface area contributed by atoms with E-state index < -0.39 is 29.8 Å². The second kappa shape index (κ2) is 9.88. The van der Waals surface area contributed by atoms with Gasteiger partial charge in [0.25, 0.3) is 11.8 Å². The SMILES string of the molecule is CCc1ccccc1N1C[C@H](C(=O)O[C@@H](C)C(=O)NNC(=O)c2ccccc2)CC1=O. The van der Waals surface area contributed by atoms with E-state index in [9.17, 15) is 19.2 Å². The molecule has 8 nitrogen and oxygen atoms in total. The highest BCUT2D eigenvalue weighted by Crippen LogP contribution is 2.29. The second-order valence-electron chi connectivity index (χ2n) is 7.28. The molecule has 3 amide bonds. The smallest absolute Gasteiger partial charge is 0.312 e. The number of carbonyl (C=O) groups is 4. The van der Waals surface area contributed by atoms with Crippen LogP contribution in [-0.2, 0) is 25.5 Å². The molecular weight excluding hydrogens is 398 g/mol. The van der Waals surface area contributed by atoms with Crippen LogP contribution in [0, 0.1) is 5.92 Å². The number of nitrogens with zero attached hydrogens (tertiary/aromatic N) is 1. The number of hydrogen-bond acceptors (Lipinski definition) is 5. The number of hydrogen-bond donors (Lipinski definition) is 2.